The van der Waals surface area contributed by atoms with E-state index in [9.17, 15) is 4.79 Å². The van der Waals surface area contributed by atoms with Crippen molar-refractivity contribution in [3.8, 4) is 5.75 Å². The van der Waals surface area contributed by atoms with E-state index in [0.29, 0.717) is 11.8 Å². The van der Waals surface area contributed by atoms with Gasteiger partial charge in [0.05, 0.1) is 18.1 Å². The van der Waals surface area contributed by atoms with Crippen molar-refractivity contribution in [2.75, 3.05) is 21.2 Å². The zero-order valence-electron chi connectivity index (χ0n) is 18.8. The van der Waals surface area contributed by atoms with Gasteiger partial charge in [-0.1, -0.05) is 12.8 Å². The first kappa shape index (κ1) is 26.4. The smallest absolute Gasteiger partial charge is 0.270 e. The summed E-state index contributed by atoms with van der Waals surface area (Å²) in [5.41, 5.74) is 2.33. The molecule has 31 heavy (non-hydrogen) atoms. The third-order valence-corrected chi connectivity index (χ3v) is 6.84. The van der Waals surface area contributed by atoms with E-state index in [4.69, 9.17) is 9.94 Å². The van der Waals surface area contributed by atoms with Crippen molar-refractivity contribution >= 4 is 11.0 Å². The van der Waals surface area contributed by atoms with Crippen LogP contribution in [-0.4, -0.2) is 46.9 Å². The van der Waals surface area contributed by atoms with Crippen molar-refractivity contribution in [1.29, 1.82) is 0 Å². The van der Waals surface area contributed by atoms with Gasteiger partial charge in [-0.15, -0.1) is 0 Å². The average molecular weight is 506 g/mol. The Balaban J connectivity index is 0.000000527. The van der Waals surface area contributed by atoms with E-state index >= 15 is 0 Å². The van der Waals surface area contributed by atoms with Crippen LogP contribution in [-0.2, 0) is 32.7 Å². The van der Waals surface area contributed by atoms with Crippen molar-refractivity contribution in [2.24, 2.45) is 23.7 Å². The van der Waals surface area contributed by atoms with Crippen molar-refractivity contribution < 1.29 is 48.1 Å². The summed E-state index contributed by atoms with van der Waals surface area (Å²) in [7, 11) is 4.74. The van der Waals surface area contributed by atoms with Crippen LogP contribution in [0.5, 0.6) is 5.75 Å². The largest absolute Gasteiger partial charge is 0.497 e. The number of ether oxygens (including phenoxy) is 1. The van der Waals surface area contributed by atoms with E-state index < -0.39 is 0 Å². The van der Waals surface area contributed by atoms with Crippen LogP contribution in [0.2, 0.25) is 0 Å². The zero-order chi connectivity index (χ0) is 20.5. The van der Waals surface area contributed by atoms with Crippen LogP contribution < -0.4 is 10.3 Å². The summed E-state index contributed by atoms with van der Waals surface area (Å²) >= 11 is 0. The molecule has 1 heterocycles. The maximum atomic E-state index is 12.4. The number of hydroxylamine groups is 2. The van der Waals surface area contributed by atoms with E-state index in [1.807, 2.05) is 18.2 Å². The van der Waals surface area contributed by atoms with Crippen molar-refractivity contribution in [2.45, 2.75) is 50.9 Å². The molecule has 1 aromatic carbocycles. The number of hydrogen-bond acceptors (Lipinski definition) is 5. The molecule has 3 fully saturated rings. The number of rotatable bonds is 6. The Morgan fingerprint density at radius 2 is 1.90 bits per heavy atom. The number of aromatic nitrogens is 2. The van der Waals surface area contributed by atoms with Crippen LogP contribution in [0.4, 0.5) is 0 Å². The maximum Gasteiger partial charge on any atom is 0.270 e. The second-order valence-electron chi connectivity index (χ2n) is 9.21. The van der Waals surface area contributed by atoms with Gasteiger partial charge < -0.3 is 20.4 Å². The molecule has 3 aliphatic rings. The van der Waals surface area contributed by atoms with Gasteiger partial charge in [-0.2, -0.15) is 5.06 Å². The van der Waals surface area contributed by atoms with E-state index in [1.165, 1.54) is 38.5 Å². The van der Waals surface area contributed by atoms with Gasteiger partial charge in [0.1, 0.15) is 11.4 Å². The van der Waals surface area contributed by atoms with Crippen molar-refractivity contribution in [1.82, 2.24) is 15.0 Å². The van der Waals surface area contributed by atoms with E-state index in [-0.39, 0.29) is 43.7 Å². The quantitative estimate of drug-likeness (QED) is 0.584. The number of fused-ring (bicyclic) bond motifs is 2. The first-order valence-corrected chi connectivity index (χ1v) is 10.9. The van der Waals surface area contributed by atoms with Gasteiger partial charge in [-0.05, 0) is 67.9 Å². The number of benzene rings is 1. The summed E-state index contributed by atoms with van der Waals surface area (Å²) in [6, 6.07) is 5.66. The van der Waals surface area contributed by atoms with Crippen LogP contribution >= 0.6 is 0 Å². The first-order chi connectivity index (χ1) is 14.0. The van der Waals surface area contributed by atoms with Gasteiger partial charge >= 0.3 is 0 Å². The fourth-order valence-electron chi connectivity index (χ4n) is 5.18. The minimum Gasteiger partial charge on any atom is -0.497 e. The number of aromatic amines is 1. The van der Waals surface area contributed by atoms with Crippen LogP contribution in [0.25, 0.3) is 11.0 Å². The predicted octanol–water partition coefficient (Wildman–Crippen LogP) is 3.36. The Bertz CT molecular complexity index is 917. The van der Waals surface area contributed by atoms with Gasteiger partial charge in [-0.25, -0.2) is 4.98 Å². The molecule has 5 unspecified atom stereocenters. The van der Waals surface area contributed by atoms with Crippen LogP contribution in [0.15, 0.2) is 23.0 Å². The number of hydrogen-bond donors (Lipinski definition) is 2. The molecule has 2 aromatic rings. The van der Waals surface area contributed by atoms with Gasteiger partial charge in [0, 0.05) is 58.8 Å². The Labute approximate surface area is 209 Å². The number of nitrogens with zero attached hydrogens (tertiary/aromatic N) is 2. The van der Waals surface area contributed by atoms with Crippen LogP contribution in [0, 0.1) is 23.7 Å². The number of methoxy groups -OCH3 is 1. The van der Waals surface area contributed by atoms with E-state index in [1.54, 1.807) is 21.2 Å². The van der Waals surface area contributed by atoms with Gasteiger partial charge in [-0.3, -0.25) is 4.79 Å². The van der Waals surface area contributed by atoms with Gasteiger partial charge in [0.25, 0.3) is 5.56 Å². The molecule has 169 valence electrons. The Kier molecular flexibility index (Phi) is 9.65. The summed E-state index contributed by atoms with van der Waals surface area (Å²) in [5.74, 6) is 4.97. The molecule has 7 nitrogen and oxygen atoms in total. The van der Waals surface area contributed by atoms with Crippen LogP contribution in [0.1, 0.15) is 56.6 Å². The SMILES string of the molecule is CN(C)O.COc1ccc2nc(C3CC3CCCC3CCC4CC34)c(=O)[nH]c2c1.O.[Y]. The number of nitrogens with one attached hydrogen (secondary N) is 1. The molecular weight excluding hydrogens is 471 g/mol. The third-order valence-electron chi connectivity index (χ3n) is 6.84. The van der Waals surface area contributed by atoms with Crippen LogP contribution in [0.3, 0.4) is 0 Å². The minimum absolute atomic E-state index is 0. The molecule has 8 heteroatoms. The van der Waals surface area contributed by atoms with Crippen molar-refractivity contribution in [3.05, 3.63) is 34.2 Å². The summed E-state index contributed by atoms with van der Waals surface area (Å²) in [5, 5.41) is 8.89. The molecule has 0 amide bonds. The maximum absolute atomic E-state index is 12.4. The topological polar surface area (TPSA) is 110 Å². The standard InChI is InChI=1S/C21H26N2O2.C2H7NO.H2O.Y/c1-25-15-7-8-18-19(11-15)23-21(24)20(22-18)17-10-13(17)4-2-3-12-5-6-14-9-16(12)14;1-3(2)4;;/h7-8,11-14,16-17H,2-6,9-10H2,1H3,(H,23,24);4H,1-2H3;1H2;. The molecule has 3 aliphatic carbocycles. The molecule has 3 saturated carbocycles. The second-order valence-corrected chi connectivity index (χ2v) is 9.21. The van der Waals surface area contributed by atoms with Gasteiger partial charge in [0.2, 0.25) is 0 Å². The molecule has 1 radical (unpaired) electrons. The molecule has 1 aromatic heterocycles. The molecule has 0 spiro atoms. The Hall–Kier alpha value is -0.856. The Morgan fingerprint density at radius 1 is 1.19 bits per heavy atom. The summed E-state index contributed by atoms with van der Waals surface area (Å²) in [6.07, 6.45) is 9.61. The fourth-order valence-corrected chi connectivity index (χ4v) is 5.18. The van der Waals surface area contributed by atoms with E-state index in [0.717, 1.165) is 51.7 Å². The first-order valence-electron chi connectivity index (χ1n) is 10.9. The summed E-state index contributed by atoms with van der Waals surface area (Å²) in [6.45, 7) is 0. The van der Waals surface area contributed by atoms with Crippen molar-refractivity contribution in [3.63, 3.8) is 0 Å². The normalized spacial score (nSPS) is 27.5. The van der Waals surface area contributed by atoms with E-state index in [2.05, 4.69) is 9.97 Å². The molecule has 5 atom stereocenters. The molecule has 0 aliphatic heterocycles. The second kappa shape index (κ2) is 11.3. The molecule has 5 rings (SSSR count). The summed E-state index contributed by atoms with van der Waals surface area (Å²) in [4.78, 5) is 20.1. The third kappa shape index (κ3) is 6.58. The molecule has 0 saturated heterocycles. The van der Waals surface area contributed by atoms with Gasteiger partial charge in [0.15, 0.2) is 0 Å². The molecule has 0 bridgehead atoms. The average Bonchev–Trinajstić information content (AvgIpc) is 3.59. The zero-order valence-corrected chi connectivity index (χ0v) is 21.6. The predicted molar refractivity (Wildman–Crippen MR) is 117 cm³/mol. The fraction of sp³-hybridized carbons (Fsp3) is 0.652. The molecular formula is C23H35N3O4Y. The summed E-state index contributed by atoms with van der Waals surface area (Å²) < 4.78 is 5.22. The number of H-pyrrole nitrogens is 1. The minimum atomic E-state index is -0.0233. The molecule has 4 N–H and O–H groups in total. The monoisotopic (exact) mass is 506 g/mol. The Morgan fingerprint density at radius 3 is 2.52 bits per heavy atom.